The Morgan fingerprint density at radius 3 is 2.58 bits per heavy atom. The highest BCUT2D eigenvalue weighted by atomic mass is 16.5. The Kier molecular flexibility index (Phi) is 11.0. The predicted octanol–water partition coefficient (Wildman–Crippen LogP) is 1.87. The maximum atomic E-state index is 13.3. The highest BCUT2D eigenvalue weighted by molar-refractivity contribution is 6.01. The van der Waals surface area contributed by atoms with Gasteiger partial charge in [0.15, 0.2) is 0 Å². The second-order valence-electron chi connectivity index (χ2n) is 10.1. The molecule has 0 fully saturated rings. The lowest BCUT2D eigenvalue weighted by Gasteiger charge is -2.23. The van der Waals surface area contributed by atoms with Gasteiger partial charge in [0, 0.05) is 13.0 Å². The first kappa shape index (κ1) is 30.9. The lowest BCUT2D eigenvalue weighted by molar-refractivity contribution is -0.131. The van der Waals surface area contributed by atoms with Crippen LogP contribution in [0, 0.1) is 0 Å². The second kappa shape index (κ2) is 15.2. The second-order valence-corrected chi connectivity index (χ2v) is 10.1. The molecule has 1 aliphatic heterocycles. The molecule has 1 aliphatic rings. The van der Waals surface area contributed by atoms with Crippen LogP contribution in [0.15, 0.2) is 72.8 Å². The van der Waals surface area contributed by atoms with E-state index >= 15 is 0 Å². The monoisotopic (exact) mass is 588 g/mol. The van der Waals surface area contributed by atoms with Gasteiger partial charge in [0.05, 0.1) is 25.6 Å². The van der Waals surface area contributed by atoms with Crippen LogP contribution in [0.1, 0.15) is 34.3 Å². The number of fused-ring (bicyclic) bond motifs is 1. The molecule has 3 aromatic rings. The molecule has 0 radical (unpaired) electrons. The van der Waals surface area contributed by atoms with Gasteiger partial charge in [-0.3, -0.25) is 19.2 Å². The number of hydrogen-bond acceptors (Lipinski definition) is 7. The molecule has 4 amide bonds. The number of carbonyl (C=O) groups is 4. The van der Waals surface area contributed by atoms with E-state index < -0.39 is 42.1 Å². The van der Waals surface area contributed by atoms with Crippen LogP contribution in [0.5, 0.6) is 17.2 Å². The van der Waals surface area contributed by atoms with Crippen LogP contribution in [-0.4, -0.2) is 67.6 Å². The Morgan fingerprint density at radius 1 is 1.00 bits per heavy atom. The normalized spacial score (nSPS) is 17.7. The SMILES string of the molecule is COc1cccc(CCCNC(=O)[C@@H]2CC(=O)N[C@@H](Cc3ccc(O)cc3)C(=O)NCCOc3ccccc3C(=O)N2)c1. The Balaban J connectivity index is 1.48. The number of nitrogens with one attached hydrogen (secondary N) is 4. The first-order valence-electron chi connectivity index (χ1n) is 14.1. The van der Waals surface area contributed by atoms with E-state index in [1.807, 2.05) is 24.3 Å². The smallest absolute Gasteiger partial charge is 0.255 e. The van der Waals surface area contributed by atoms with Crippen molar-refractivity contribution in [2.24, 2.45) is 0 Å². The van der Waals surface area contributed by atoms with E-state index in [0.29, 0.717) is 24.9 Å². The standard InChI is InChI=1S/C32H36N4O7/c1-42-24-8-4-6-21(18-24)7-5-15-33-32(41)27-20-29(38)35-26(19-22-11-13-23(37)14-12-22)31(40)34-16-17-43-28-10-3-2-9-25(28)30(39)36-27/h2-4,6,8-14,18,26-27,37H,5,7,15-17,19-20H2,1H3,(H,33,41)(H,34,40)(H,35,38)(H,36,39)/t26-,27-/m0/s1. The Morgan fingerprint density at radius 2 is 1.79 bits per heavy atom. The summed E-state index contributed by atoms with van der Waals surface area (Å²) in [5.74, 6) is -1.00. The predicted molar refractivity (Wildman–Crippen MR) is 159 cm³/mol. The molecule has 11 heteroatoms. The minimum absolute atomic E-state index is 0.0765. The molecular formula is C32H36N4O7. The van der Waals surface area contributed by atoms with Crippen molar-refractivity contribution in [2.75, 3.05) is 26.8 Å². The van der Waals surface area contributed by atoms with Crippen molar-refractivity contribution >= 4 is 23.6 Å². The van der Waals surface area contributed by atoms with Crippen molar-refractivity contribution < 1.29 is 33.8 Å². The number of methoxy groups -OCH3 is 1. The van der Waals surface area contributed by atoms with Crippen LogP contribution in [-0.2, 0) is 27.2 Å². The van der Waals surface area contributed by atoms with E-state index in [0.717, 1.165) is 11.3 Å². The minimum atomic E-state index is -1.21. The summed E-state index contributed by atoms with van der Waals surface area (Å²) in [6, 6.07) is 18.3. The molecule has 0 bridgehead atoms. The molecule has 0 spiro atoms. The molecule has 0 aromatic heterocycles. The zero-order chi connectivity index (χ0) is 30.6. The van der Waals surface area contributed by atoms with Gasteiger partial charge in [-0.25, -0.2) is 0 Å². The van der Waals surface area contributed by atoms with Gasteiger partial charge in [0.1, 0.15) is 35.9 Å². The lowest BCUT2D eigenvalue weighted by Crippen LogP contribution is -2.53. The Hall–Kier alpha value is -5.06. The molecule has 0 aliphatic carbocycles. The maximum absolute atomic E-state index is 13.3. The molecule has 11 nitrogen and oxygen atoms in total. The largest absolute Gasteiger partial charge is 0.508 e. The molecule has 0 saturated heterocycles. The molecule has 43 heavy (non-hydrogen) atoms. The summed E-state index contributed by atoms with van der Waals surface area (Å²) in [4.78, 5) is 52.8. The summed E-state index contributed by atoms with van der Waals surface area (Å²) in [5.41, 5.74) is 1.96. The number of para-hydroxylation sites is 1. The number of ether oxygens (including phenoxy) is 2. The third kappa shape index (κ3) is 9.22. The van der Waals surface area contributed by atoms with Crippen molar-refractivity contribution in [3.05, 3.63) is 89.5 Å². The maximum Gasteiger partial charge on any atom is 0.255 e. The number of aryl methyl sites for hydroxylation is 1. The summed E-state index contributed by atoms with van der Waals surface area (Å²) in [6.07, 6.45) is 1.07. The van der Waals surface area contributed by atoms with Crippen molar-refractivity contribution in [3.8, 4) is 17.2 Å². The highest BCUT2D eigenvalue weighted by Gasteiger charge is 2.28. The van der Waals surface area contributed by atoms with Gasteiger partial charge in [-0.15, -0.1) is 0 Å². The zero-order valence-corrected chi connectivity index (χ0v) is 23.9. The number of benzene rings is 3. The number of hydrogen-bond donors (Lipinski definition) is 5. The van der Waals surface area contributed by atoms with Crippen LogP contribution in [0.4, 0.5) is 0 Å². The Labute approximate surface area is 250 Å². The molecule has 1 heterocycles. The molecule has 4 rings (SSSR count). The fraction of sp³-hybridized carbons (Fsp3) is 0.312. The summed E-state index contributed by atoms with van der Waals surface area (Å²) in [7, 11) is 1.60. The van der Waals surface area contributed by atoms with E-state index in [-0.39, 0.29) is 36.6 Å². The van der Waals surface area contributed by atoms with Crippen molar-refractivity contribution in [2.45, 2.75) is 37.8 Å². The number of phenolic OH excluding ortho intramolecular Hbond substituents is 1. The van der Waals surface area contributed by atoms with E-state index in [9.17, 15) is 24.3 Å². The van der Waals surface area contributed by atoms with Gasteiger partial charge in [-0.05, 0) is 60.4 Å². The molecule has 0 unspecified atom stereocenters. The number of amides is 4. The number of carbonyl (C=O) groups excluding carboxylic acids is 4. The minimum Gasteiger partial charge on any atom is -0.508 e. The molecule has 226 valence electrons. The first-order chi connectivity index (χ1) is 20.8. The van der Waals surface area contributed by atoms with E-state index in [4.69, 9.17) is 9.47 Å². The lowest BCUT2D eigenvalue weighted by atomic mass is 10.0. The molecule has 3 aromatic carbocycles. The van der Waals surface area contributed by atoms with Crippen LogP contribution < -0.4 is 30.7 Å². The average molecular weight is 589 g/mol. The highest BCUT2D eigenvalue weighted by Crippen LogP contribution is 2.19. The van der Waals surface area contributed by atoms with Gasteiger partial charge >= 0.3 is 0 Å². The van der Waals surface area contributed by atoms with E-state index in [2.05, 4.69) is 21.3 Å². The van der Waals surface area contributed by atoms with Gasteiger partial charge in [0.25, 0.3) is 5.91 Å². The summed E-state index contributed by atoms with van der Waals surface area (Å²) >= 11 is 0. The fourth-order valence-corrected chi connectivity index (χ4v) is 4.65. The fourth-order valence-electron chi connectivity index (χ4n) is 4.65. The topological polar surface area (TPSA) is 155 Å². The van der Waals surface area contributed by atoms with Gasteiger partial charge in [-0.1, -0.05) is 36.4 Å². The van der Waals surface area contributed by atoms with Crippen molar-refractivity contribution in [1.82, 2.24) is 21.3 Å². The van der Waals surface area contributed by atoms with Crippen molar-refractivity contribution in [3.63, 3.8) is 0 Å². The van der Waals surface area contributed by atoms with Gasteiger partial charge < -0.3 is 35.8 Å². The molecule has 0 saturated carbocycles. The van der Waals surface area contributed by atoms with E-state index in [1.165, 1.54) is 12.1 Å². The Bertz CT molecular complexity index is 1430. The molecule has 5 N–H and O–H groups in total. The number of rotatable bonds is 8. The average Bonchev–Trinajstić information content (AvgIpc) is 3.01. The number of phenols is 1. The van der Waals surface area contributed by atoms with Gasteiger partial charge in [0.2, 0.25) is 17.7 Å². The van der Waals surface area contributed by atoms with Crippen LogP contribution in [0.3, 0.4) is 0 Å². The quantitative estimate of drug-likeness (QED) is 0.252. The zero-order valence-electron chi connectivity index (χ0n) is 23.9. The van der Waals surface area contributed by atoms with Crippen LogP contribution in [0.25, 0.3) is 0 Å². The first-order valence-corrected chi connectivity index (χ1v) is 14.1. The number of aromatic hydroxyl groups is 1. The van der Waals surface area contributed by atoms with Crippen LogP contribution in [0.2, 0.25) is 0 Å². The van der Waals surface area contributed by atoms with Crippen molar-refractivity contribution in [1.29, 1.82) is 0 Å². The summed E-state index contributed by atoms with van der Waals surface area (Å²) in [6.45, 7) is 0.528. The third-order valence-corrected chi connectivity index (χ3v) is 6.91. The van der Waals surface area contributed by atoms with Gasteiger partial charge in [-0.2, -0.15) is 0 Å². The van der Waals surface area contributed by atoms with Crippen LogP contribution >= 0.6 is 0 Å². The third-order valence-electron chi connectivity index (χ3n) is 6.91. The summed E-state index contributed by atoms with van der Waals surface area (Å²) in [5, 5.41) is 20.6. The molecular weight excluding hydrogens is 552 g/mol. The summed E-state index contributed by atoms with van der Waals surface area (Å²) < 4.78 is 11.0. The van der Waals surface area contributed by atoms with E-state index in [1.54, 1.807) is 43.5 Å². The molecule has 2 atom stereocenters.